The van der Waals surface area contributed by atoms with E-state index in [9.17, 15) is 9.18 Å². The molecule has 155 valence electrons. The van der Waals surface area contributed by atoms with Crippen LogP contribution in [0.4, 0.5) is 10.1 Å². The third kappa shape index (κ3) is 6.98. The van der Waals surface area contributed by atoms with Crippen molar-refractivity contribution in [3.8, 4) is 0 Å². The summed E-state index contributed by atoms with van der Waals surface area (Å²) < 4.78 is 14.2. The number of aryl methyl sites for hydroxylation is 3. The fraction of sp³-hybridized carbons (Fsp3) is 0.458. The standard InChI is InChI=1S/C17H25FN2O.C7H8.Y/c1-5-20(8-6-7-9-20)14(4)17(21)19-16-12(2)10-15(18)11-13(16)3;1-7-5-3-2-4-6-7;/h10-11,14H,5-9H2,1-4H3;2-6H,1H3;/p+1. The van der Waals surface area contributed by atoms with Gasteiger partial charge in [-0.3, -0.25) is 4.79 Å². The normalized spacial score (nSPS) is 15.5. The Labute approximate surface area is 200 Å². The number of carbonyl (C=O) groups excluding carboxylic acids is 1. The van der Waals surface area contributed by atoms with Crippen LogP contribution in [0, 0.1) is 26.6 Å². The number of likely N-dealkylation sites (tertiary alicyclic amines) is 1. The molecule has 0 spiro atoms. The third-order valence-electron chi connectivity index (χ3n) is 5.97. The minimum Gasteiger partial charge on any atom is -0.320 e. The van der Waals surface area contributed by atoms with Gasteiger partial charge in [0.2, 0.25) is 0 Å². The average Bonchev–Trinajstić information content (AvgIpc) is 3.15. The van der Waals surface area contributed by atoms with Gasteiger partial charge >= 0.3 is 0 Å². The monoisotopic (exact) mass is 474 g/mol. The van der Waals surface area contributed by atoms with E-state index in [2.05, 4.69) is 31.3 Å². The van der Waals surface area contributed by atoms with Crippen molar-refractivity contribution in [2.75, 3.05) is 25.0 Å². The van der Waals surface area contributed by atoms with Gasteiger partial charge in [0, 0.05) is 51.2 Å². The number of rotatable bonds is 4. The Balaban J connectivity index is 0.000000445. The summed E-state index contributed by atoms with van der Waals surface area (Å²) >= 11 is 0. The van der Waals surface area contributed by atoms with Crippen LogP contribution in [0.25, 0.3) is 0 Å². The van der Waals surface area contributed by atoms with Gasteiger partial charge in [0.1, 0.15) is 5.82 Å². The molecule has 0 bridgehead atoms. The van der Waals surface area contributed by atoms with Crippen molar-refractivity contribution in [2.45, 2.75) is 53.5 Å². The SMILES string of the molecule is CC[N+]1(C(C)C(=O)Nc2c(C)cc(F)cc2C)CCCC1.Cc1ccccc1.[Y]. The summed E-state index contributed by atoms with van der Waals surface area (Å²) in [6, 6.07) is 13.1. The van der Waals surface area contributed by atoms with Gasteiger partial charge in [0.05, 0.1) is 19.6 Å². The molecule has 29 heavy (non-hydrogen) atoms. The van der Waals surface area contributed by atoms with Gasteiger partial charge in [-0.2, -0.15) is 0 Å². The Morgan fingerprint density at radius 2 is 1.59 bits per heavy atom. The van der Waals surface area contributed by atoms with Crippen molar-refractivity contribution >= 4 is 11.6 Å². The van der Waals surface area contributed by atoms with E-state index >= 15 is 0 Å². The Bertz CT molecular complexity index is 766. The number of likely N-dealkylation sites (N-methyl/N-ethyl adjacent to an activating group) is 1. The quantitative estimate of drug-likeness (QED) is 0.592. The van der Waals surface area contributed by atoms with Gasteiger partial charge in [0.15, 0.2) is 6.04 Å². The summed E-state index contributed by atoms with van der Waals surface area (Å²) in [4.78, 5) is 12.6. The summed E-state index contributed by atoms with van der Waals surface area (Å²) in [5.41, 5.74) is 3.62. The fourth-order valence-corrected chi connectivity index (χ4v) is 4.06. The Kier molecular flexibility index (Phi) is 10.7. The first-order valence-corrected chi connectivity index (χ1v) is 10.2. The number of quaternary nitrogens is 1. The topological polar surface area (TPSA) is 29.1 Å². The van der Waals surface area contributed by atoms with Gasteiger partial charge in [-0.05, 0) is 57.9 Å². The molecule has 1 radical (unpaired) electrons. The zero-order chi connectivity index (χ0) is 20.7. The second-order valence-electron chi connectivity index (χ2n) is 7.92. The average molecular weight is 474 g/mol. The molecule has 1 fully saturated rings. The van der Waals surface area contributed by atoms with Crippen LogP contribution in [0.5, 0.6) is 0 Å². The number of hydrogen-bond donors (Lipinski definition) is 1. The number of carbonyl (C=O) groups is 1. The summed E-state index contributed by atoms with van der Waals surface area (Å²) in [5.74, 6) is -0.218. The van der Waals surface area contributed by atoms with E-state index in [1.54, 1.807) is 0 Å². The predicted molar refractivity (Wildman–Crippen MR) is 115 cm³/mol. The molecule has 5 heteroatoms. The van der Waals surface area contributed by atoms with Crippen LogP contribution in [-0.2, 0) is 37.5 Å². The molecule has 1 heterocycles. The molecule has 3 rings (SSSR count). The first-order valence-electron chi connectivity index (χ1n) is 10.2. The number of benzene rings is 2. The van der Waals surface area contributed by atoms with Crippen molar-refractivity contribution in [2.24, 2.45) is 0 Å². The van der Waals surface area contributed by atoms with Crippen LogP contribution in [0.1, 0.15) is 43.4 Å². The van der Waals surface area contributed by atoms with E-state index in [-0.39, 0.29) is 50.5 Å². The van der Waals surface area contributed by atoms with Crippen molar-refractivity contribution in [1.82, 2.24) is 0 Å². The van der Waals surface area contributed by atoms with Crippen LogP contribution >= 0.6 is 0 Å². The third-order valence-corrected chi connectivity index (χ3v) is 5.97. The first-order chi connectivity index (χ1) is 13.3. The maximum atomic E-state index is 13.3. The Morgan fingerprint density at radius 1 is 1.07 bits per heavy atom. The summed E-state index contributed by atoms with van der Waals surface area (Å²) in [6.07, 6.45) is 2.39. The maximum Gasteiger partial charge on any atom is 0.282 e. The van der Waals surface area contributed by atoms with Gasteiger partial charge < -0.3 is 9.80 Å². The number of hydrogen-bond acceptors (Lipinski definition) is 1. The van der Waals surface area contributed by atoms with Gasteiger partial charge in [-0.25, -0.2) is 4.39 Å². The van der Waals surface area contributed by atoms with E-state index in [1.165, 1.54) is 30.5 Å². The minimum absolute atomic E-state index is 0. The zero-order valence-electron chi connectivity index (χ0n) is 18.5. The van der Waals surface area contributed by atoms with Crippen molar-refractivity contribution in [3.63, 3.8) is 0 Å². The minimum atomic E-state index is -0.257. The van der Waals surface area contributed by atoms with Crippen LogP contribution in [0.3, 0.4) is 0 Å². The molecule has 3 nitrogen and oxygen atoms in total. The molecular formula is C24H34FN2OY+. The zero-order valence-corrected chi connectivity index (χ0v) is 21.3. The largest absolute Gasteiger partial charge is 0.320 e. The smallest absolute Gasteiger partial charge is 0.282 e. The molecule has 0 aromatic heterocycles. The van der Waals surface area contributed by atoms with Gasteiger partial charge in [-0.15, -0.1) is 0 Å². The van der Waals surface area contributed by atoms with E-state index in [4.69, 9.17) is 0 Å². The fourth-order valence-electron chi connectivity index (χ4n) is 4.06. The molecule has 1 amide bonds. The number of amides is 1. The van der Waals surface area contributed by atoms with E-state index in [1.807, 2.05) is 39.0 Å². The molecule has 2 aromatic rings. The predicted octanol–water partition coefficient (Wildman–Crippen LogP) is 5.39. The molecule has 1 aliphatic heterocycles. The Hall–Kier alpha value is -1.10. The van der Waals surface area contributed by atoms with Crippen molar-refractivity contribution < 1.29 is 46.4 Å². The Morgan fingerprint density at radius 3 is 2.00 bits per heavy atom. The summed E-state index contributed by atoms with van der Waals surface area (Å²) in [6.45, 7) is 13.0. The first kappa shape index (κ1) is 25.9. The van der Waals surface area contributed by atoms with Crippen LogP contribution in [0.2, 0.25) is 0 Å². The number of nitrogens with zero attached hydrogens (tertiary/aromatic N) is 1. The number of halogens is 1. The second kappa shape index (κ2) is 11.9. The molecule has 1 N–H and O–H groups in total. The van der Waals surface area contributed by atoms with Crippen LogP contribution in [0.15, 0.2) is 42.5 Å². The van der Waals surface area contributed by atoms with Crippen LogP contribution < -0.4 is 5.32 Å². The van der Waals surface area contributed by atoms with E-state index < -0.39 is 0 Å². The van der Waals surface area contributed by atoms with E-state index in [0.29, 0.717) is 0 Å². The van der Waals surface area contributed by atoms with Crippen molar-refractivity contribution in [1.29, 1.82) is 0 Å². The molecule has 1 unspecified atom stereocenters. The molecule has 1 atom stereocenters. The summed E-state index contributed by atoms with van der Waals surface area (Å²) in [7, 11) is 0. The van der Waals surface area contributed by atoms with Gasteiger partial charge in [0.25, 0.3) is 5.91 Å². The number of anilines is 1. The van der Waals surface area contributed by atoms with Crippen molar-refractivity contribution in [3.05, 3.63) is 65.0 Å². The summed E-state index contributed by atoms with van der Waals surface area (Å²) in [5, 5.41) is 3.02. The molecule has 0 saturated carbocycles. The molecule has 2 aromatic carbocycles. The molecule has 1 aliphatic rings. The molecule has 1 saturated heterocycles. The van der Waals surface area contributed by atoms with E-state index in [0.717, 1.165) is 40.9 Å². The van der Waals surface area contributed by atoms with Crippen LogP contribution in [-0.4, -0.2) is 36.1 Å². The van der Waals surface area contributed by atoms with Gasteiger partial charge in [-0.1, -0.05) is 35.9 Å². The number of nitrogens with one attached hydrogen (secondary N) is 1. The molecular weight excluding hydrogens is 440 g/mol. The maximum absolute atomic E-state index is 13.3. The molecule has 0 aliphatic carbocycles. The second-order valence-corrected chi connectivity index (χ2v) is 7.92.